The van der Waals surface area contributed by atoms with Crippen LogP contribution in [0.15, 0.2) is 12.5 Å². The Balaban J connectivity index is 1.64. The van der Waals surface area contributed by atoms with E-state index in [9.17, 15) is 19.5 Å². The molecular weight excluding hydrogens is 462 g/mol. The Bertz CT molecular complexity index is 923. The quantitative estimate of drug-likeness (QED) is 0.489. The molecule has 1 unspecified atom stereocenters. The van der Waals surface area contributed by atoms with E-state index in [-0.39, 0.29) is 12.5 Å². The lowest BCUT2D eigenvalue weighted by molar-refractivity contribution is -0.140. The van der Waals surface area contributed by atoms with Crippen molar-refractivity contribution in [3.63, 3.8) is 0 Å². The van der Waals surface area contributed by atoms with E-state index in [1.165, 1.54) is 12.8 Å². The maximum Gasteiger partial charge on any atom is 0.419 e. The third kappa shape index (κ3) is 6.79. The molecule has 9 nitrogen and oxygen atoms in total. The van der Waals surface area contributed by atoms with Gasteiger partial charge in [-0.2, -0.15) is 0 Å². The number of aliphatic carboxylic acids is 1. The van der Waals surface area contributed by atoms with Crippen LogP contribution < -0.4 is 0 Å². The summed E-state index contributed by atoms with van der Waals surface area (Å²) in [6.45, 7) is 12.8. The fraction of sp³-hybridized carbons (Fsp3) is 0.778. The van der Waals surface area contributed by atoms with E-state index in [2.05, 4.69) is 16.5 Å². The number of rotatable bonds is 7. The van der Waals surface area contributed by atoms with Crippen LogP contribution >= 0.6 is 0 Å². The molecule has 1 heterocycles. The minimum atomic E-state index is -1.00. The minimum absolute atomic E-state index is 0.0880. The second kappa shape index (κ2) is 10.4. The number of carboxylic acids is 1. The third-order valence-corrected chi connectivity index (χ3v) is 7.11. The van der Waals surface area contributed by atoms with Crippen molar-refractivity contribution in [1.29, 1.82) is 0 Å². The van der Waals surface area contributed by atoms with Crippen molar-refractivity contribution >= 4 is 18.2 Å². The van der Waals surface area contributed by atoms with Crippen LogP contribution in [0.4, 0.5) is 9.59 Å². The predicted octanol–water partition coefficient (Wildman–Crippen LogP) is 5.93. The summed E-state index contributed by atoms with van der Waals surface area (Å²) in [7, 11) is 0. The molecule has 1 N–H and O–H groups in total. The molecule has 2 atom stereocenters. The number of nitrogens with zero attached hydrogens (tertiary/aromatic N) is 3. The summed E-state index contributed by atoms with van der Waals surface area (Å²) in [5.74, 6) is -0.238. The number of imidazole rings is 1. The Morgan fingerprint density at radius 3 is 2.11 bits per heavy atom. The van der Waals surface area contributed by atoms with Crippen molar-refractivity contribution in [3.05, 3.63) is 18.2 Å². The Kier molecular flexibility index (Phi) is 8.10. The van der Waals surface area contributed by atoms with Gasteiger partial charge in [-0.05, 0) is 98.3 Å². The molecule has 0 saturated heterocycles. The molecule has 2 fully saturated rings. The zero-order chi connectivity index (χ0) is 26.9. The van der Waals surface area contributed by atoms with Crippen LogP contribution in [-0.2, 0) is 19.7 Å². The Hall–Kier alpha value is -2.58. The van der Waals surface area contributed by atoms with E-state index in [1.54, 1.807) is 47.9 Å². The number of hydrogen-bond acceptors (Lipinski definition) is 6. The topological polar surface area (TPSA) is 111 Å². The predicted molar refractivity (Wildman–Crippen MR) is 135 cm³/mol. The highest BCUT2D eigenvalue weighted by molar-refractivity contribution is 5.88. The second-order valence-corrected chi connectivity index (χ2v) is 12.6. The molecule has 0 bridgehead atoms. The largest absolute Gasteiger partial charge is 0.481 e. The van der Waals surface area contributed by atoms with Crippen LogP contribution in [0.1, 0.15) is 105 Å². The number of ether oxygens (including phenoxy) is 2. The van der Waals surface area contributed by atoms with E-state index in [4.69, 9.17) is 9.47 Å². The normalized spacial score (nSPS) is 26.2. The lowest BCUT2D eigenvalue weighted by Gasteiger charge is -2.28. The van der Waals surface area contributed by atoms with Gasteiger partial charge in [-0.3, -0.25) is 4.79 Å². The average molecular weight is 506 g/mol. The summed E-state index contributed by atoms with van der Waals surface area (Å²) in [5.41, 5.74) is -1.92. The maximum absolute atomic E-state index is 12.7. The fourth-order valence-corrected chi connectivity index (χ4v) is 5.06. The lowest BCUT2D eigenvalue weighted by Crippen LogP contribution is -2.44. The minimum Gasteiger partial charge on any atom is -0.481 e. The standard InChI is InChI=1S/C27H43N3O6/c1-18-10-12-20(13-11-18)29-16-21(28-17-29)27(22(31)32)15-19(27)9-8-14-30(23(33)35-25(2,3)4)24(34)36-26(5,6)7/h16-20H,8-15H2,1-7H3,(H,31,32)/t18?,19-,20?,27?/m0/s1. The van der Waals surface area contributed by atoms with Gasteiger partial charge in [0.25, 0.3) is 0 Å². The Morgan fingerprint density at radius 2 is 1.61 bits per heavy atom. The maximum atomic E-state index is 12.7. The van der Waals surface area contributed by atoms with E-state index in [0.29, 0.717) is 31.0 Å². The van der Waals surface area contributed by atoms with Gasteiger partial charge in [-0.1, -0.05) is 6.92 Å². The molecule has 202 valence electrons. The number of imide groups is 1. The molecule has 0 spiro atoms. The van der Waals surface area contributed by atoms with Crippen molar-refractivity contribution in [2.75, 3.05) is 6.54 Å². The molecule has 2 saturated carbocycles. The molecule has 1 aromatic heterocycles. The SMILES string of the molecule is CC1CCC(n2cnc(C3(C(=O)O)C[C@@H]3CCCN(C(=O)OC(C)(C)C)C(=O)OC(C)(C)C)c2)CC1. The van der Waals surface area contributed by atoms with Gasteiger partial charge in [-0.15, -0.1) is 0 Å². The van der Waals surface area contributed by atoms with E-state index >= 15 is 0 Å². The summed E-state index contributed by atoms with van der Waals surface area (Å²) in [5, 5.41) is 10.1. The van der Waals surface area contributed by atoms with Gasteiger partial charge in [0.15, 0.2) is 0 Å². The van der Waals surface area contributed by atoms with Gasteiger partial charge in [0.2, 0.25) is 0 Å². The van der Waals surface area contributed by atoms with Crippen LogP contribution in [0.5, 0.6) is 0 Å². The first-order valence-electron chi connectivity index (χ1n) is 13.1. The van der Waals surface area contributed by atoms with Crippen molar-refractivity contribution in [2.24, 2.45) is 11.8 Å². The molecule has 1 aromatic rings. The van der Waals surface area contributed by atoms with Crippen molar-refractivity contribution in [3.8, 4) is 0 Å². The van der Waals surface area contributed by atoms with Crippen LogP contribution in [0.2, 0.25) is 0 Å². The fourth-order valence-electron chi connectivity index (χ4n) is 5.06. The molecule has 2 amide bonds. The van der Waals surface area contributed by atoms with E-state index < -0.39 is 34.8 Å². The molecule has 0 aromatic carbocycles. The molecule has 3 rings (SSSR count). The van der Waals surface area contributed by atoms with Gasteiger partial charge < -0.3 is 19.1 Å². The van der Waals surface area contributed by atoms with Gasteiger partial charge in [0.1, 0.15) is 16.6 Å². The number of aromatic nitrogens is 2. The zero-order valence-corrected chi connectivity index (χ0v) is 22.9. The number of carbonyl (C=O) groups excluding carboxylic acids is 2. The van der Waals surface area contributed by atoms with Crippen molar-refractivity contribution in [1.82, 2.24) is 14.5 Å². The molecule has 2 aliphatic carbocycles. The third-order valence-electron chi connectivity index (χ3n) is 7.11. The summed E-state index contributed by atoms with van der Waals surface area (Å²) < 4.78 is 12.9. The first kappa shape index (κ1) is 28.0. The first-order valence-corrected chi connectivity index (χ1v) is 13.1. The highest BCUT2D eigenvalue weighted by Crippen LogP contribution is 2.56. The van der Waals surface area contributed by atoms with Crippen LogP contribution in [-0.4, -0.2) is 55.5 Å². The molecular formula is C27H43N3O6. The Labute approximate surface area is 214 Å². The number of hydrogen-bond donors (Lipinski definition) is 1. The van der Waals surface area contributed by atoms with Crippen LogP contribution in [0, 0.1) is 11.8 Å². The van der Waals surface area contributed by atoms with Crippen LogP contribution in [0.3, 0.4) is 0 Å². The van der Waals surface area contributed by atoms with Gasteiger partial charge in [0, 0.05) is 18.8 Å². The summed E-state index contributed by atoms with van der Waals surface area (Å²) in [4.78, 5) is 43.2. The molecule has 0 radical (unpaired) electrons. The van der Waals surface area contributed by atoms with E-state index in [0.717, 1.165) is 23.7 Å². The second-order valence-electron chi connectivity index (χ2n) is 12.6. The average Bonchev–Trinajstić information content (AvgIpc) is 3.25. The summed E-state index contributed by atoms with van der Waals surface area (Å²) >= 11 is 0. The van der Waals surface area contributed by atoms with Gasteiger partial charge in [-0.25, -0.2) is 19.5 Å². The highest BCUT2D eigenvalue weighted by Gasteiger charge is 2.62. The van der Waals surface area contributed by atoms with Crippen LogP contribution in [0.25, 0.3) is 0 Å². The van der Waals surface area contributed by atoms with Gasteiger partial charge in [0.05, 0.1) is 12.0 Å². The highest BCUT2D eigenvalue weighted by atomic mass is 16.6. The number of carbonyl (C=O) groups is 3. The molecule has 9 heteroatoms. The summed E-state index contributed by atoms with van der Waals surface area (Å²) in [6.07, 6.45) is 8.19. The smallest absolute Gasteiger partial charge is 0.419 e. The molecule has 0 aliphatic heterocycles. The van der Waals surface area contributed by atoms with Crippen molar-refractivity contribution in [2.45, 2.75) is 116 Å². The number of carboxylic acid groups (broad SMARTS) is 1. The monoisotopic (exact) mass is 505 g/mol. The first-order chi connectivity index (χ1) is 16.6. The lowest BCUT2D eigenvalue weighted by atomic mass is 9.87. The van der Waals surface area contributed by atoms with Crippen molar-refractivity contribution < 1.29 is 29.0 Å². The molecule has 2 aliphatic rings. The van der Waals surface area contributed by atoms with E-state index in [1.807, 2.05) is 6.20 Å². The van der Waals surface area contributed by atoms with Gasteiger partial charge >= 0.3 is 18.2 Å². The Morgan fingerprint density at radius 1 is 1.06 bits per heavy atom. The molecule has 36 heavy (non-hydrogen) atoms. The number of amides is 2. The summed E-state index contributed by atoms with van der Waals surface area (Å²) in [6, 6.07) is 0.377. The zero-order valence-electron chi connectivity index (χ0n) is 22.9.